The molecule has 0 unspecified atom stereocenters. The van der Waals surface area contributed by atoms with Crippen LogP contribution in [-0.4, -0.2) is 34.0 Å². The molecule has 0 atom stereocenters. The van der Waals surface area contributed by atoms with Crippen LogP contribution in [0.1, 0.15) is 41.4 Å². The molecule has 6 rings (SSSR count). The third kappa shape index (κ3) is 2.02. The summed E-state index contributed by atoms with van der Waals surface area (Å²) in [5.74, 6) is -3.38. The van der Waals surface area contributed by atoms with Gasteiger partial charge in [0.2, 0.25) is 0 Å². The predicted octanol–water partition coefficient (Wildman–Crippen LogP) is 4.02. The number of amides is 2. The molecule has 1 aliphatic rings. The van der Waals surface area contributed by atoms with Crippen molar-refractivity contribution in [3.05, 3.63) is 70.8 Å². The standard InChI is InChI=1S/C24H11NO6/c26-21-13-5-1-9-11-3-7-15(23(28)29)20-16(24(30)31)8-4-12(18(11)20)10-2-6-14(22(27)25-21)19(13)17(9)10/h1-8H,(H,28,29)(H,30,31)(H,25,26,27). The van der Waals surface area contributed by atoms with Gasteiger partial charge in [0.05, 0.1) is 11.1 Å². The average Bonchev–Trinajstić information content (AvgIpc) is 2.75. The van der Waals surface area contributed by atoms with Gasteiger partial charge in [-0.1, -0.05) is 24.3 Å². The molecular formula is C24H11NO6. The fourth-order valence-corrected chi connectivity index (χ4v) is 4.86. The lowest BCUT2D eigenvalue weighted by Crippen LogP contribution is -2.34. The highest BCUT2D eigenvalue weighted by Crippen LogP contribution is 2.44. The molecule has 0 radical (unpaired) electrons. The van der Waals surface area contributed by atoms with Crippen molar-refractivity contribution in [1.82, 2.24) is 5.32 Å². The van der Waals surface area contributed by atoms with Gasteiger partial charge in [-0.3, -0.25) is 14.9 Å². The van der Waals surface area contributed by atoms with Crippen molar-refractivity contribution in [2.45, 2.75) is 0 Å². The fraction of sp³-hybridized carbons (Fsp3) is 0. The van der Waals surface area contributed by atoms with Crippen molar-refractivity contribution < 1.29 is 29.4 Å². The fourth-order valence-electron chi connectivity index (χ4n) is 4.86. The Balaban J connectivity index is 1.96. The van der Waals surface area contributed by atoms with E-state index in [-0.39, 0.29) is 16.5 Å². The summed E-state index contributed by atoms with van der Waals surface area (Å²) < 4.78 is 0. The number of imide groups is 1. The number of carboxylic acids is 2. The number of carbonyl (C=O) groups is 4. The first-order valence-electron chi connectivity index (χ1n) is 9.41. The smallest absolute Gasteiger partial charge is 0.336 e. The number of nitrogens with one attached hydrogen (secondary N) is 1. The molecule has 1 aliphatic heterocycles. The van der Waals surface area contributed by atoms with Crippen molar-refractivity contribution in [2.75, 3.05) is 0 Å². The summed E-state index contributed by atoms with van der Waals surface area (Å²) in [6.45, 7) is 0. The average molecular weight is 409 g/mol. The van der Waals surface area contributed by atoms with Crippen molar-refractivity contribution in [3.8, 4) is 0 Å². The SMILES string of the molecule is O=C(O)c1ccc2c3ccc4c5c(ccc(c6ccc(C(=O)O)c1c26)c53)C(=O)NC4=O. The van der Waals surface area contributed by atoms with E-state index in [1.165, 1.54) is 12.1 Å². The van der Waals surface area contributed by atoms with Crippen LogP contribution in [0.3, 0.4) is 0 Å². The first-order chi connectivity index (χ1) is 14.9. The van der Waals surface area contributed by atoms with E-state index in [4.69, 9.17) is 0 Å². The molecule has 7 nitrogen and oxygen atoms in total. The Bertz CT molecular complexity index is 1580. The molecule has 3 N–H and O–H groups in total. The van der Waals surface area contributed by atoms with Gasteiger partial charge in [0.1, 0.15) is 0 Å². The molecule has 2 amide bonds. The number of fused-ring (bicyclic) bond motifs is 2. The van der Waals surface area contributed by atoms with E-state index in [1.54, 1.807) is 36.4 Å². The van der Waals surface area contributed by atoms with E-state index in [0.717, 1.165) is 16.2 Å². The molecule has 7 heteroatoms. The van der Waals surface area contributed by atoms with Crippen LogP contribution in [0.2, 0.25) is 0 Å². The van der Waals surface area contributed by atoms with Crippen LogP contribution in [0.4, 0.5) is 0 Å². The predicted molar refractivity (Wildman–Crippen MR) is 113 cm³/mol. The third-order valence-electron chi connectivity index (χ3n) is 6.08. The topological polar surface area (TPSA) is 121 Å². The molecule has 5 aromatic carbocycles. The first kappa shape index (κ1) is 17.3. The maximum absolute atomic E-state index is 12.4. The minimum absolute atomic E-state index is 0.0957. The Morgan fingerprint density at radius 3 is 1.35 bits per heavy atom. The summed E-state index contributed by atoms with van der Waals surface area (Å²) in [7, 11) is 0. The quantitative estimate of drug-likeness (QED) is 0.230. The minimum Gasteiger partial charge on any atom is -0.478 e. The van der Waals surface area contributed by atoms with Crippen LogP contribution < -0.4 is 5.32 Å². The number of hydrogen-bond donors (Lipinski definition) is 3. The van der Waals surface area contributed by atoms with Crippen LogP contribution in [0, 0.1) is 0 Å². The molecule has 148 valence electrons. The van der Waals surface area contributed by atoms with Crippen molar-refractivity contribution in [3.63, 3.8) is 0 Å². The number of benzene rings is 5. The zero-order chi connectivity index (χ0) is 21.6. The summed E-state index contributed by atoms with van der Waals surface area (Å²) in [6, 6.07) is 12.9. The van der Waals surface area contributed by atoms with Gasteiger partial charge in [-0.05, 0) is 56.6 Å². The van der Waals surface area contributed by atoms with Crippen LogP contribution >= 0.6 is 0 Å². The van der Waals surface area contributed by atoms with Gasteiger partial charge >= 0.3 is 11.9 Å². The minimum atomic E-state index is -1.22. The van der Waals surface area contributed by atoms with Gasteiger partial charge in [-0.25, -0.2) is 9.59 Å². The second-order valence-corrected chi connectivity index (χ2v) is 7.54. The van der Waals surface area contributed by atoms with E-state index in [2.05, 4.69) is 5.32 Å². The Labute approximate surface area is 172 Å². The molecule has 1 heterocycles. The summed E-state index contributed by atoms with van der Waals surface area (Å²) in [5.41, 5.74) is 0.585. The van der Waals surface area contributed by atoms with E-state index in [0.29, 0.717) is 32.7 Å². The lowest BCUT2D eigenvalue weighted by atomic mass is 9.83. The second kappa shape index (κ2) is 5.54. The van der Waals surface area contributed by atoms with E-state index in [9.17, 15) is 29.4 Å². The molecular weight excluding hydrogens is 398 g/mol. The summed E-state index contributed by atoms with van der Waals surface area (Å²) in [5, 5.41) is 26.5. The van der Waals surface area contributed by atoms with Crippen LogP contribution in [0.5, 0.6) is 0 Å². The highest BCUT2D eigenvalue weighted by molar-refractivity contribution is 6.39. The highest BCUT2D eigenvalue weighted by atomic mass is 16.4. The van der Waals surface area contributed by atoms with Gasteiger partial charge in [-0.2, -0.15) is 0 Å². The highest BCUT2D eigenvalue weighted by Gasteiger charge is 2.28. The number of aromatic carboxylic acids is 2. The van der Waals surface area contributed by atoms with Crippen LogP contribution in [0.25, 0.3) is 43.1 Å². The molecule has 0 saturated heterocycles. The van der Waals surface area contributed by atoms with Crippen molar-refractivity contribution >= 4 is 66.8 Å². The Morgan fingerprint density at radius 1 is 0.548 bits per heavy atom. The van der Waals surface area contributed by atoms with Gasteiger partial charge in [0, 0.05) is 21.9 Å². The molecule has 0 bridgehead atoms. The Hall–Kier alpha value is -4.52. The molecule has 0 aliphatic carbocycles. The normalized spacial score (nSPS) is 13.4. The van der Waals surface area contributed by atoms with E-state index in [1.807, 2.05) is 0 Å². The maximum atomic E-state index is 12.4. The maximum Gasteiger partial charge on any atom is 0.336 e. The molecule has 0 saturated carbocycles. The monoisotopic (exact) mass is 409 g/mol. The first-order valence-corrected chi connectivity index (χ1v) is 9.41. The van der Waals surface area contributed by atoms with Crippen molar-refractivity contribution in [1.29, 1.82) is 0 Å². The number of carboxylic acid groups (broad SMARTS) is 2. The molecule has 5 aromatic rings. The Morgan fingerprint density at radius 2 is 0.935 bits per heavy atom. The zero-order valence-electron chi connectivity index (χ0n) is 15.6. The number of rotatable bonds is 2. The lowest BCUT2D eigenvalue weighted by Gasteiger charge is -2.21. The summed E-state index contributed by atoms with van der Waals surface area (Å²) in [4.78, 5) is 48.6. The Kier molecular flexibility index (Phi) is 3.10. The second-order valence-electron chi connectivity index (χ2n) is 7.54. The lowest BCUT2D eigenvalue weighted by molar-refractivity contribution is 0.0695. The van der Waals surface area contributed by atoms with E-state index >= 15 is 0 Å². The van der Waals surface area contributed by atoms with Gasteiger partial charge in [-0.15, -0.1) is 0 Å². The summed E-state index contributed by atoms with van der Waals surface area (Å²) >= 11 is 0. The number of carbonyl (C=O) groups excluding carboxylic acids is 2. The van der Waals surface area contributed by atoms with Crippen LogP contribution in [0.15, 0.2) is 48.5 Å². The molecule has 0 fully saturated rings. The van der Waals surface area contributed by atoms with Gasteiger partial charge < -0.3 is 10.2 Å². The third-order valence-corrected chi connectivity index (χ3v) is 6.08. The molecule has 0 spiro atoms. The zero-order valence-corrected chi connectivity index (χ0v) is 15.6. The number of hydrogen-bond acceptors (Lipinski definition) is 4. The molecule has 0 aromatic heterocycles. The van der Waals surface area contributed by atoms with Crippen molar-refractivity contribution in [2.24, 2.45) is 0 Å². The van der Waals surface area contributed by atoms with Gasteiger partial charge in [0.15, 0.2) is 0 Å². The summed E-state index contributed by atoms with van der Waals surface area (Å²) in [6.07, 6.45) is 0. The molecule has 31 heavy (non-hydrogen) atoms. The largest absolute Gasteiger partial charge is 0.478 e. The van der Waals surface area contributed by atoms with Crippen LogP contribution in [-0.2, 0) is 0 Å². The van der Waals surface area contributed by atoms with Gasteiger partial charge in [0.25, 0.3) is 11.8 Å². The van der Waals surface area contributed by atoms with E-state index < -0.39 is 23.8 Å².